The lowest BCUT2D eigenvalue weighted by Crippen LogP contribution is -2.12. The summed E-state index contributed by atoms with van der Waals surface area (Å²) in [5, 5.41) is 2.82. The number of amides is 1. The minimum Gasteiger partial charge on any atom is -0.398 e. The predicted molar refractivity (Wildman–Crippen MR) is 85.7 cm³/mol. The van der Waals surface area contributed by atoms with Crippen LogP contribution in [0.5, 0.6) is 0 Å². The van der Waals surface area contributed by atoms with E-state index in [4.69, 9.17) is 5.73 Å². The van der Waals surface area contributed by atoms with Crippen molar-refractivity contribution >= 4 is 55.8 Å². The van der Waals surface area contributed by atoms with Gasteiger partial charge in [0.2, 0.25) is 0 Å². The van der Waals surface area contributed by atoms with Gasteiger partial charge in [0.05, 0.1) is 0 Å². The molecule has 0 unspecified atom stereocenters. The minimum atomic E-state index is -0.171. The van der Waals surface area contributed by atoms with Gasteiger partial charge in [0.25, 0.3) is 5.91 Å². The van der Waals surface area contributed by atoms with E-state index in [0.29, 0.717) is 11.3 Å². The summed E-state index contributed by atoms with van der Waals surface area (Å²) in [6.07, 6.45) is 0. The highest BCUT2D eigenvalue weighted by molar-refractivity contribution is 14.1. The lowest BCUT2D eigenvalue weighted by atomic mass is 10.2. The molecule has 0 heterocycles. The van der Waals surface area contributed by atoms with Crippen molar-refractivity contribution in [3.63, 3.8) is 0 Å². The van der Waals surface area contributed by atoms with E-state index in [2.05, 4.69) is 43.8 Å². The van der Waals surface area contributed by atoms with Crippen LogP contribution in [0.15, 0.2) is 46.9 Å². The molecule has 18 heavy (non-hydrogen) atoms. The molecule has 0 aromatic heterocycles. The lowest BCUT2D eigenvalue weighted by Gasteiger charge is -2.06. The Morgan fingerprint density at radius 3 is 2.44 bits per heavy atom. The SMILES string of the molecule is Nc1cc(C(=O)Nc2ccc(I)cc2)ccc1Br. The van der Waals surface area contributed by atoms with Crippen molar-refractivity contribution in [3.8, 4) is 0 Å². The Hall–Kier alpha value is -1.08. The second-order valence-corrected chi connectivity index (χ2v) is 5.80. The van der Waals surface area contributed by atoms with Gasteiger partial charge in [0, 0.05) is 25.0 Å². The van der Waals surface area contributed by atoms with Crippen LogP contribution in [0.25, 0.3) is 0 Å². The molecule has 3 N–H and O–H groups in total. The molecule has 0 radical (unpaired) electrons. The maximum Gasteiger partial charge on any atom is 0.255 e. The molecule has 3 nitrogen and oxygen atoms in total. The van der Waals surface area contributed by atoms with Crippen molar-refractivity contribution in [1.29, 1.82) is 0 Å². The van der Waals surface area contributed by atoms with Crippen LogP contribution < -0.4 is 11.1 Å². The Balaban J connectivity index is 2.16. The number of hydrogen-bond acceptors (Lipinski definition) is 2. The Morgan fingerprint density at radius 2 is 1.83 bits per heavy atom. The smallest absolute Gasteiger partial charge is 0.255 e. The predicted octanol–water partition coefficient (Wildman–Crippen LogP) is 3.89. The van der Waals surface area contributed by atoms with Crippen LogP contribution in [-0.4, -0.2) is 5.91 Å². The molecule has 92 valence electrons. The molecule has 0 atom stereocenters. The van der Waals surface area contributed by atoms with E-state index in [9.17, 15) is 4.79 Å². The fraction of sp³-hybridized carbons (Fsp3) is 0. The molecule has 0 spiro atoms. The Morgan fingerprint density at radius 1 is 1.17 bits per heavy atom. The maximum atomic E-state index is 12.0. The van der Waals surface area contributed by atoms with Gasteiger partial charge in [-0.3, -0.25) is 4.79 Å². The quantitative estimate of drug-likeness (QED) is 0.576. The van der Waals surface area contributed by atoms with Gasteiger partial charge in [-0.25, -0.2) is 0 Å². The van der Waals surface area contributed by atoms with Gasteiger partial charge in [-0.05, 0) is 81.0 Å². The van der Waals surface area contributed by atoms with Crippen LogP contribution in [0, 0.1) is 3.57 Å². The highest BCUT2D eigenvalue weighted by Crippen LogP contribution is 2.21. The van der Waals surface area contributed by atoms with Crippen LogP contribution in [0.2, 0.25) is 0 Å². The summed E-state index contributed by atoms with van der Waals surface area (Å²) in [6, 6.07) is 12.7. The minimum absolute atomic E-state index is 0.171. The number of halogens is 2. The van der Waals surface area contributed by atoms with E-state index in [1.807, 2.05) is 24.3 Å². The van der Waals surface area contributed by atoms with Crippen LogP contribution in [0.1, 0.15) is 10.4 Å². The third-order valence-electron chi connectivity index (χ3n) is 2.36. The standard InChI is InChI=1S/C13H10BrIN2O/c14-11-6-1-8(7-12(11)16)13(18)17-10-4-2-9(15)3-5-10/h1-7H,16H2,(H,17,18). The number of nitrogen functional groups attached to an aromatic ring is 1. The lowest BCUT2D eigenvalue weighted by molar-refractivity contribution is 0.102. The summed E-state index contributed by atoms with van der Waals surface area (Å²) in [6.45, 7) is 0. The molecule has 0 fully saturated rings. The van der Waals surface area contributed by atoms with Crippen LogP contribution >= 0.6 is 38.5 Å². The van der Waals surface area contributed by atoms with Crippen molar-refractivity contribution in [2.45, 2.75) is 0 Å². The average molecular weight is 417 g/mol. The zero-order valence-electron chi connectivity index (χ0n) is 9.28. The molecule has 2 aromatic rings. The number of nitrogens with one attached hydrogen (secondary N) is 1. The van der Waals surface area contributed by atoms with E-state index in [1.54, 1.807) is 18.2 Å². The first kappa shape index (κ1) is 13.4. The van der Waals surface area contributed by atoms with Gasteiger partial charge in [-0.2, -0.15) is 0 Å². The first-order valence-corrected chi connectivity index (χ1v) is 7.05. The normalized spacial score (nSPS) is 10.1. The first-order chi connectivity index (χ1) is 8.56. The van der Waals surface area contributed by atoms with Crippen molar-refractivity contribution in [1.82, 2.24) is 0 Å². The Bertz CT molecular complexity index is 584. The fourth-order valence-electron chi connectivity index (χ4n) is 1.42. The van der Waals surface area contributed by atoms with Gasteiger partial charge in [-0.1, -0.05) is 0 Å². The van der Waals surface area contributed by atoms with Crippen molar-refractivity contribution < 1.29 is 4.79 Å². The largest absolute Gasteiger partial charge is 0.398 e. The number of anilines is 2. The number of carbonyl (C=O) groups is 1. The summed E-state index contributed by atoms with van der Waals surface area (Å²) in [7, 11) is 0. The topological polar surface area (TPSA) is 55.1 Å². The van der Waals surface area contributed by atoms with E-state index in [-0.39, 0.29) is 5.91 Å². The molecule has 2 aromatic carbocycles. The Labute approximate surface area is 127 Å². The molecular weight excluding hydrogens is 407 g/mol. The number of benzene rings is 2. The van der Waals surface area contributed by atoms with Crippen LogP contribution in [-0.2, 0) is 0 Å². The van der Waals surface area contributed by atoms with E-state index in [1.165, 1.54) is 0 Å². The fourth-order valence-corrected chi connectivity index (χ4v) is 2.03. The van der Waals surface area contributed by atoms with Crippen molar-refractivity contribution in [2.24, 2.45) is 0 Å². The summed E-state index contributed by atoms with van der Waals surface area (Å²) >= 11 is 5.51. The van der Waals surface area contributed by atoms with Crippen molar-refractivity contribution in [2.75, 3.05) is 11.1 Å². The number of nitrogens with two attached hydrogens (primary N) is 1. The zero-order valence-corrected chi connectivity index (χ0v) is 13.0. The molecule has 2 rings (SSSR count). The molecule has 5 heteroatoms. The summed E-state index contributed by atoms with van der Waals surface area (Å²) in [5.41, 5.74) is 7.59. The van der Waals surface area contributed by atoms with Crippen LogP contribution in [0.3, 0.4) is 0 Å². The second kappa shape index (κ2) is 5.71. The molecule has 0 bridgehead atoms. The van der Waals surface area contributed by atoms with E-state index >= 15 is 0 Å². The number of carbonyl (C=O) groups excluding carboxylic acids is 1. The summed E-state index contributed by atoms with van der Waals surface area (Å²) in [4.78, 5) is 12.0. The number of hydrogen-bond donors (Lipinski definition) is 2. The summed E-state index contributed by atoms with van der Waals surface area (Å²) in [5.74, 6) is -0.171. The van der Waals surface area contributed by atoms with Crippen LogP contribution in [0.4, 0.5) is 11.4 Å². The van der Waals surface area contributed by atoms with Gasteiger partial charge < -0.3 is 11.1 Å². The molecule has 0 aliphatic carbocycles. The second-order valence-electron chi connectivity index (χ2n) is 3.70. The molecular formula is C13H10BrIN2O. The molecule has 0 aliphatic heterocycles. The molecule has 0 saturated carbocycles. The van der Waals surface area contributed by atoms with E-state index in [0.717, 1.165) is 13.7 Å². The van der Waals surface area contributed by atoms with E-state index < -0.39 is 0 Å². The Kier molecular flexibility index (Phi) is 4.23. The highest BCUT2D eigenvalue weighted by Gasteiger charge is 2.07. The molecule has 0 aliphatic rings. The first-order valence-electron chi connectivity index (χ1n) is 5.18. The number of rotatable bonds is 2. The maximum absolute atomic E-state index is 12.0. The third-order valence-corrected chi connectivity index (χ3v) is 3.80. The van der Waals surface area contributed by atoms with Gasteiger partial charge in [-0.15, -0.1) is 0 Å². The molecule has 1 amide bonds. The average Bonchev–Trinajstić information content (AvgIpc) is 2.35. The monoisotopic (exact) mass is 416 g/mol. The molecule has 0 saturated heterocycles. The third kappa shape index (κ3) is 3.23. The van der Waals surface area contributed by atoms with Crippen molar-refractivity contribution in [3.05, 3.63) is 56.1 Å². The summed E-state index contributed by atoms with van der Waals surface area (Å²) < 4.78 is 1.91. The zero-order chi connectivity index (χ0) is 13.1. The highest BCUT2D eigenvalue weighted by atomic mass is 127. The van der Waals surface area contributed by atoms with Gasteiger partial charge >= 0.3 is 0 Å². The van der Waals surface area contributed by atoms with Gasteiger partial charge in [0.1, 0.15) is 0 Å². The van der Waals surface area contributed by atoms with Gasteiger partial charge in [0.15, 0.2) is 0 Å².